The summed E-state index contributed by atoms with van der Waals surface area (Å²) >= 11 is 0. The Labute approximate surface area is 88.8 Å². The third kappa shape index (κ3) is 1.70. The van der Waals surface area contributed by atoms with E-state index in [1.165, 1.54) is 0 Å². The molecule has 0 aliphatic heterocycles. The molecule has 2 atom stereocenters. The molecular formula is C11H16O4. The van der Waals surface area contributed by atoms with Crippen molar-refractivity contribution in [1.29, 1.82) is 0 Å². The van der Waals surface area contributed by atoms with Crippen LogP contribution < -0.4 is 0 Å². The molecule has 15 heavy (non-hydrogen) atoms. The fourth-order valence-corrected chi connectivity index (χ4v) is 2.02. The van der Waals surface area contributed by atoms with Gasteiger partial charge >= 0.3 is 5.97 Å². The summed E-state index contributed by atoms with van der Waals surface area (Å²) in [6.07, 6.45) is 3.17. The van der Waals surface area contributed by atoms with Crippen molar-refractivity contribution in [3.63, 3.8) is 0 Å². The van der Waals surface area contributed by atoms with E-state index in [1.807, 2.05) is 13.8 Å². The van der Waals surface area contributed by atoms with Gasteiger partial charge in [0, 0.05) is 0 Å². The van der Waals surface area contributed by atoms with Gasteiger partial charge in [0.2, 0.25) is 0 Å². The lowest BCUT2D eigenvalue weighted by Gasteiger charge is -2.37. The zero-order chi connectivity index (χ0) is 11.6. The van der Waals surface area contributed by atoms with E-state index < -0.39 is 17.5 Å². The number of carboxylic acids is 1. The second-order valence-corrected chi connectivity index (χ2v) is 4.09. The van der Waals surface area contributed by atoms with Crippen molar-refractivity contribution in [2.75, 3.05) is 0 Å². The topological polar surface area (TPSA) is 66.8 Å². The van der Waals surface area contributed by atoms with Gasteiger partial charge in [0.1, 0.15) is 11.5 Å². The average Bonchev–Trinajstić information content (AvgIpc) is 2.17. The number of carboxylic acid groups (broad SMARTS) is 1. The highest BCUT2D eigenvalue weighted by atomic mass is 17.1. The monoisotopic (exact) mass is 212 g/mol. The molecule has 84 valence electrons. The molecule has 0 amide bonds. The second-order valence-electron chi connectivity index (χ2n) is 4.09. The normalized spacial score (nSPS) is 30.9. The zero-order valence-electron chi connectivity index (χ0n) is 8.93. The number of hydrogen-bond donors (Lipinski definition) is 2. The maximum Gasteiger partial charge on any atom is 0.318 e. The standard InChI is InChI=1S/C11H16O4/c1-7(2)11(10(12)13)6-4-5-9(15-14)8(11)3/h4,6-7,9,14H,3,5H2,1-2H3,(H,12,13)/t9-,11-/m1/s1. The van der Waals surface area contributed by atoms with Crippen LogP contribution in [-0.2, 0) is 9.68 Å². The molecule has 0 unspecified atom stereocenters. The maximum atomic E-state index is 11.3. The molecule has 0 aromatic rings. The third-order valence-corrected chi connectivity index (χ3v) is 3.04. The molecule has 0 aromatic heterocycles. The molecule has 1 aliphatic rings. The van der Waals surface area contributed by atoms with Crippen LogP contribution in [0.5, 0.6) is 0 Å². The van der Waals surface area contributed by atoms with Gasteiger partial charge in [0.25, 0.3) is 0 Å². The second kappa shape index (κ2) is 4.16. The third-order valence-electron chi connectivity index (χ3n) is 3.04. The van der Waals surface area contributed by atoms with Gasteiger partial charge in [-0.05, 0) is 17.9 Å². The quantitative estimate of drug-likeness (QED) is 0.427. The van der Waals surface area contributed by atoms with Crippen molar-refractivity contribution in [1.82, 2.24) is 0 Å². The molecule has 0 heterocycles. The van der Waals surface area contributed by atoms with Crippen molar-refractivity contribution < 1.29 is 20.0 Å². The van der Waals surface area contributed by atoms with Crippen molar-refractivity contribution >= 4 is 5.97 Å². The number of hydrogen-bond acceptors (Lipinski definition) is 3. The molecule has 0 saturated heterocycles. The Morgan fingerprint density at radius 3 is 2.73 bits per heavy atom. The van der Waals surface area contributed by atoms with E-state index in [0.29, 0.717) is 12.0 Å². The minimum atomic E-state index is -1.13. The number of aliphatic carboxylic acids is 1. The molecule has 0 aromatic carbocycles. The fraction of sp³-hybridized carbons (Fsp3) is 0.545. The molecule has 1 aliphatic carbocycles. The Morgan fingerprint density at radius 2 is 2.33 bits per heavy atom. The molecule has 4 nitrogen and oxygen atoms in total. The summed E-state index contributed by atoms with van der Waals surface area (Å²) in [6.45, 7) is 7.36. The van der Waals surface area contributed by atoms with Crippen LogP contribution in [0.2, 0.25) is 0 Å². The first-order valence-corrected chi connectivity index (χ1v) is 4.87. The van der Waals surface area contributed by atoms with E-state index in [2.05, 4.69) is 11.5 Å². The Hall–Kier alpha value is -1.13. The lowest BCUT2D eigenvalue weighted by atomic mass is 9.67. The Bertz CT molecular complexity index is 306. The number of rotatable bonds is 3. The first-order chi connectivity index (χ1) is 6.96. The van der Waals surface area contributed by atoms with Gasteiger partial charge in [-0.2, -0.15) is 0 Å². The van der Waals surface area contributed by atoms with Gasteiger partial charge in [-0.1, -0.05) is 32.6 Å². The summed E-state index contributed by atoms with van der Waals surface area (Å²) < 4.78 is 0. The number of carbonyl (C=O) groups is 1. The lowest BCUT2D eigenvalue weighted by molar-refractivity contribution is -0.271. The lowest BCUT2D eigenvalue weighted by Crippen LogP contribution is -2.42. The molecule has 0 bridgehead atoms. The van der Waals surface area contributed by atoms with Crippen LogP contribution in [-0.4, -0.2) is 22.4 Å². The molecule has 0 spiro atoms. The van der Waals surface area contributed by atoms with Crippen LogP contribution in [0, 0.1) is 11.3 Å². The summed E-state index contributed by atoms with van der Waals surface area (Å²) in [5.74, 6) is -1.10. The highest BCUT2D eigenvalue weighted by Crippen LogP contribution is 2.42. The van der Waals surface area contributed by atoms with Crippen molar-refractivity contribution in [3.8, 4) is 0 Å². The Morgan fingerprint density at radius 1 is 1.73 bits per heavy atom. The summed E-state index contributed by atoms with van der Waals surface area (Å²) in [7, 11) is 0. The van der Waals surface area contributed by atoms with E-state index in [4.69, 9.17) is 5.26 Å². The van der Waals surface area contributed by atoms with Crippen LogP contribution in [0.15, 0.2) is 24.3 Å². The van der Waals surface area contributed by atoms with Crippen LogP contribution in [0.25, 0.3) is 0 Å². The minimum Gasteiger partial charge on any atom is -0.480 e. The molecule has 0 fully saturated rings. The average molecular weight is 212 g/mol. The predicted octanol–water partition coefficient (Wildman–Crippen LogP) is 2.09. The van der Waals surface area contributed by atoms with Crippen LogP contribution in [0.3, 0.4) is 0 Å². The van der Waals surface area contributed by atoms with Gasteiger partial charge in [-0.15, -0.1) is 0 Å². The van der Waals surface area contributed by atoms with Crippen molar-refractivity contribution in [2.24, 2.45) is 11.3 Å². The van der Waals surface area contributed by atoms with E-state index in [-0.39, 0.29) is 5.92 Å². The van der Waals surface area contributed by atoms with E-state index in [0.717, 1.165) is 0 Å². The van der Waals surface area contributed by atoms with Gasteiger partial charge in [-0.3, -0.25) is 10.1 Å². The first kappa shape index (κ1) is 11.9. The zero-order valence-corrected chi connectivity index (χ0v) is 8.93. The summed E-state index contributed by atoms with van der Waals surface area (Å²) in [6, 6.07) is 0. The van der Waals surface area contributed by atoms with E-state index in [1.54, 1.807) is 12.2 Å². The smallest absolute Gasteiger partial charge is 0.318 e. The minimum absolute atomic E-state index is 0.142. The van der Waals surface area contributed by atoms with Gasteiger partial charge < -0.3 is 5.11 Å². The van der Waals surface area contributed by atoms with Crippen LogP contribution >= 0.6 is 0 Å². The van der Waals surface area contributed by atoms with Crippen LogP contribution in [0.4, 0.5) is 0 Å². The summed E-state index contributed by atoms with van der Waals surface area (Å²) in [4.78, 5) is 15.6. The molecule has 0 radical (unpaired) electrons. The molecule has 1 rings (SSSR count). The van der Waals surface area contributed by atoms with Crippen molar-refractivity contribution in [3.05, 3.63) is 24.3 Å². The predicted molar refractivity (Wildman–Crippen MR) is 55.3 cm³/mol. The maximum absolute atomic E-state index is 11.3. The van der Waals surface area contributed by atoms with E-state index >= 15 is 0 Å². The first-order valence-electron chi connectivity index (χ1n) is 4.87. The van der Waals surface area contributed by atoms with Gasteiger partial charge in [0.15, 0.2) is 0 Å². The van der Waals surface area contributed by atoms with Gasteiger partial charge in [-0.25, -0.2) is 4.89 Å². The van der Waals surface area contributed by atoms with Crippen LogP contribution in [0.1, 0.15) is 20.3 Å². The molecule has 2 N–H and O–H groups in total. The SMILES string of the molecule is C=C1[C@H](OO)CC=C[C@@]1(C(=O)O)C(C)C. The summed E-state index contributed by atoms with van der Waals surface area (Å²) in [5.41, 5.74) is -0.735. The largest absolute Gasteiger partial charge is 0.480 e. The Balaban J connectivity index is 3.18. The molecule has 0 saturated carbocycles. The fourth-order valence-electron chi connectivity index (χ4n) is 2.02. The summed E-state index contributed by atoms with van der Waals surface area (Å²) in [5, 5.41) is 18.0. The Kier molecular flexibility index (Phi) is 3.31. The molecular weight excluding hydrogens is 196 g/mol. The highest BCUT2D eigenvalue weighted by Gasteiger charge is 2.46. The van der Waals surface area contributed by atoms with E-state index in [9.17, 15) is 9.90 Å². The molecule has 4 heteroatoms. The van der Waals surface area contributed by atoms with Gasteiger partial charge in [0.05, 0.1) is 0 Å². The van der Waals surface area contributed by atoms with Crippen molar-refractivity contribution in [2.45, 2.75) is 26.4 Å². The highest BCUT2D eigenvalue weighted by molar-refractivity contribution is 5.82.